The zero-order valence-corrected chi connectivity index (χ0v) is 7.82. The van der Waals surface area contributed by atoms with Crippen LogP contribution in [0, 0.1) is 0 Å². The first-order valence-electron chi connectivity index (χ1n) is 3.54. The lowest BCUT2D eigenvalue weighted by Crippen LogP contribution is -1.78. The van der Waals surface area contributed by atoms with Gasteiger partial charge in [0.2, 0.25) is 0 Å². The van der Waals surface area contributed by atoms with Gasteiger partial charge in [0.25, 0.3) is 0 Å². The van der Waals surface area contributed by atoms with Gasteiger partial charge in [0, 0.05) is 5.56 Å². The number of halogens is 1. The van der Waals surface area contributed by atoms with Crippen LogP contribution in [-0.4, -0.2) is 10.2 Å². The lowest BCUT2D eigenvalue weighted by molar-refractivity contribution is 1.10. The number of rotatable bonds is 2. The highest BCUT2D eigenvalue weighted by molar-refractivity contribution is 7.13. The fourth-order valence-corrected chi connectivity index (χ4v) is 2.00. The second kappa shape index (κ2) is 3.29. The lowest BCUT2D eigenvalue weighted by Gasteiger charge is -1.93. The molecule has 0 amide bonds. The van der Waals surface area contributed by atoms with E-state index in [2.05, 4.69) is 10.2 Å². The molecule has 4 heteroatoms. The number of aromatic nitrogens is 2. The molecular weight excluding hydrogens is 192 g/mol. The van der Waals surface area contributed by atoms with Crippen LogP contribution in [0.25, 0.3) is 10.6 Å². The van der Waals surface area contributed by atoms with Gasteiger partial charge in [0.1, 0.15) is 0 Å². The summed E-state index contributed by atoms with van der Waals surface area (Å²) in [7, 11) is 0. The minimum atomic E-state index is 0.504. The quantitative estimate of drug-likeness (QED) is 0.739. The van der Waals surface area contributed by atoms with Crippen molar-refractivity contribution in [3.8, 4) is 10.6 Å². The normalized spacial score (nSPS) is 10.4. The van der Waals surface area contributed by atoms with Crippen molar-refractivity contribution in [3.63, 3.8) is 0 Å². The summed E-state index contributed by atoms with van der Waals surface area (Å²) in [6.45, 7) is 0. The van der Waals surface area contributed by atoms with Crippen LogP contribution in [-0.2, 0) is 5.88 Å². The van der Waals surface area contributed by atoms with Gasteiger partial charge in [-0.25, -0.2) is 0 Å². The number of aromatic amines is 1. The molecule has 12 heavy (non-hydrogen) atoms. The molecule has 2 rings (SSSR count). The maximum absolute atomic E-state index is 5.73. The summed E-state index contributed by atoms with van der Waals surface area (Å²) in [6.07, 6.45) is 1.77. The summed E-state index contributed by atoms with van der Waals surface area (Å²) in [6, 6.07) is 4.06. The molecule has 2 nitrogen and oxygen atoms in total. The molecule has 0 aliphatic heterocycles. The standard InChI is InChI=1S/C8H7ClN2S/c9-4-6-5-10-11-8(6)7-2-1-3-12-7/h1-3,5H,4H2,(H,10,11). The van der Waals surface area contributed by atoms with Gasteiger partial charge < -0.3 is 0 Å². The monoisotopic (exact) mass is 198 g/mol. The average molecular weight is 199 g/mol. The zero-order valence-electron chi connectivity index (χ0n) is 6.25. The number of nitrogens with one attached hydrogen (secondary N) is 1. The van der Waals surface area contributed by atoms with E-state index in [-0.39, 0.29) is 0 Å². The van der Waals surface area contributed by atoms with Gasteiger partial charge in [-0.3, -0.25) is 5.10 Å². The summed E-state index contributed by atoms with van der Waals surface area (Å²) in [4.78, 5) is 1.18. The molecule has 2 heterocycles. The van der Waals surface area contributed by atoms with Crippen molar-refractivity contribution in [2.75, 3.05) is 0 Å². The van der Waals surface area contributed by atoms with E-state index < -0.39 is 0 Å². The third-order valence-electron chi connectivity index (χ3n) is 1.63. The Labute approximate surface area is 79.2 Å². The second-order valence-electron chi connectivity index (χ2n) is 2.38. The molecule has 2 aromatic rings. The average Bonchev–Trinajstić information content (AvgIpc) is 2.74. The van der Waals surface area contributed by atoms with Gasteiger partial charge in [0.15, 0.2) is 0 Å². The topological polar surface area (TPSA) is 28.7 Å². The molecule has 1 N–H and O–H groups in total. The lowest BCUT2D eigenvalue weighted by atomic mass is 10.2. The Balaban J connectivity index is 2.46. The Hall–Kier alpha value is -0.800. The van der Waals surface area contributed by atoms with E-state index >= 15 is 0 Å². The number of alkyl halides is 1. The van der Waals surface area contributed by atoms with E-state index in [1.54, 1.807) is 17.5 Å². The molecule has 2 aromatic heterocycles. The van der Waals surface area contributed by atoms with Gasteiger partial charge >= 0.3 is 0 Å². The number of H-pyrrole nitrogens is 1. The highest BCUT2D eigenvalue weighted by atomic mass is 35.5. The van der Waals surface area contributed by atoms with Crippen molar-refractivity contribution < 1.29 is 0 Å². The first-order chi connectivity index (χ1) is 5.92. The van der Waals surface area contributed by atoms with Gasteiger partial charge in [0.05, 0.1) is 22.6 Å². The predicted octanol–water partition coefficient (Wildman–Crippen LogP) is 2.88. The summed E-state index contributed by atoms with van der Waals surface area (Å²) in [5.74, 6) is 0.504. The molecule has 0 fully saturated rings. The molecule has 0 atom stereocenters. The van der Waals surface area contributed by atoms with Crippen LogP contribution in [0.1, 0.15) is 5.56 Å². The molecule has 0 unspecified atom stereocenters. The van der Waals surface area contributed by atoms with Crippen molar-refractivity contribution in [2.45, 2.75) is 5.88 Å². The molecule has 62 valence electrons. The van der Waals surface area contributed by atoms with E-state index in [0.29, 0.717) is 5.88 Å². The Kier molecular flexibility index (Phi) is 2.15. The molecule has 0 radical (unpaired) electrons. The molecular formula is C8H7ClN2S. The number of hydrogen-bond acceptors (Lipinski definition) is 2. The van der Waals surface area contributed by atoms with Gasteiger partial charge in [-0.15, -0.1) is 22.9 Å². The first kappa shape index (κ1) is 7.83. The summed E-state index contributed by atoms with van der Waals surface area (Å²) >= 11 is 7.42. The first-order valence-corrected chi connectivity index (χ1v) is 4.95. The van der Waals surface area contributed by atoms with E-state index in [4.69, 9.17) is 11.6 Å². The minimum absolute atomic E-state index is 0.504. The third kappa shape index (κ3) is 1.26. The fraction of sp³-hybridized carbons (Fsp3) is 0.125. The zero-order chi connectivity index (χ0) is 8.39. The Morgan fingerprint density at radius 2 is 2.50 bits per heavy atom. The second-order valence-corrected chi connectivity index (χ2v) is 3.60. The highest BCUT2D eigenvalue weighted by Gasteiger charge is 2.06. The maximum Gasteiger partial charge on any atom is 0.0794 e. The molecule has 0 saturated heterocycles. The van der Waals surface area contributed by atoms with E-state index in [1.165, 1.54) is 4.88 Å². The number of nitrogens with zero attached hydrogens (tertiary/aromatic N) is 1. The third-order valence-corrected chi connectivity index (χ3v) is 2.80. The molecule has 0 aliphatic rings. The van der Waals surface area contributed by atoms with E-state index in [0.717, 1.165) is 11.3 Å². The van der Waals surface area contributed by atoms with Crippen LogP contribution in [0.5, 0.6) is 0 Å². The van der Waals surface area contributed by atoms with Crippen LogP contribution >= 0.6 is 22.9 Å². The van der Waals surface area contributed by atoms with Crippen LogP contribution in [0.2, 0.25) is 0 Å². The van der Waals surface area contributed by atoms with Crippen molar-refractivity contribution >= 4 is 22.9 Å². The fourth-order valence-electron chi connectivity index (χ4n) is 1.05. The largest absolute Gasteiger partial charge is 0.277 e. The van der Waals surface area contributed by atoms with Crippen molar-refractivity contribution in [1.82, 2.24) is 10.2 Å². The van der Waals surface area contributed by atoms with Crippen molar-refractivity contribution in [3.05, 3.63) is 29.3 Å². The maximum atomic E-state index is 5.73. The molecule has 0 saturated carbocycles. The van der Waals surface area contributed by atoms with E-state index in [1.807, 2.05) is 17.5 Å². The van der Waals surface area contributed by atoms with E-state index in [9.17, 15) is 0 Å². The SMILES string of the molecule is ClCc1cn[nH]c1-c1cccs1. The Morgan fingerprint density at radius 3 is 3.17 bits per heavy atom. The van der Waals surface area contributed by atoms with Gasteiger partial charge in [-0.05, 0) is 11.4 Å². The molecule has 0 bridgehead atoms. The van der Waals surface area contributed by atoms with Crippen LogP contribution in [0.4, 0.5) is 0 Å². The van der Waals surface area contributed by atoms with Crippen molar-refractivity contribution in [1.29, 1.82) is 0 Å². The predicted molar refractivity (Wildman–Crippen MR) is 51.5 cm³/mol. The Bertz CT molecular complexity index is 353. The number of hydrogen-bond donors (Lipinski definition) is 1. The summed E-state index contributed by atoms with van der Waals surface area (Å²) in [5.41, 5.74) is 2.10. The van der Waals surface area contributed by atoms with Crippen LogP contribution in [0.15, 0.2) is 23.7 Å². The van der Waals surface area contributed by atoms with Gasteiger partial charge in [-0.1, -0.05) is 6.07 Å². The smallest absolute Gasteiger partial charge is 0.0794 e. The highest BCUT2D eigenvalue weighted by Crippen LogP contribution is 2.26. The minimum Gasteiger partial charge on any atom is -0.277 e. The Morgan fingerprint density at radius 1 is 1.58 bits per heavy atom. The van der Waals surface area contributed by atoms with Crippen molar-refractivity contribution in [2.24, 2.45) is 0 Å². The molecule has 0 aliphatic carbocycles. The number of thiophene rings is 1. The molecule has 0 aromatic carbocycles. The summed E-state index contributed by atoms with van der Waals surface area (Å²) < 4.78 is 0. The van der Waals surface area contributed by atoms with Crippen LogP contribution in [0.3, 0.4) is 0 Å². The van der Waals surface area contributed by atoms with Crippen LogP contribution < -0.4 is 0 Å². The molecule has 0 spiro atoms. The van der Waals surface area contributed by atoms with Gasteiger partial charge in [-0.2, -0.15) is 5.10 Å². The summed E-state index contributed by atoms with van der Waals surface area (Å²) in [5, 5.41) is 8.92.